The van der Waals surface area contributed by atoms with Crippen LogP contribution in [0.2, 0.25) is 0 Å². The molecule has 1 aliphatic carbocycles. The molecule has 2 unspecified atom stereocenters. The van der Waals surface area contributed by atoms with Crippen LogP contribution in [0.5, 0.6) is 0 Å². The summed E-state index contributed by atoms with van der Waals surface area (Å²) in [5.41, 5.74) is 0. The summed E-state index contributed by atoms with van der Waals surface area (Å²) in [6, 6.07) is 0.561. The Morgan fingerprint density at radius 2 is 2.00 bits per heavy atom. The van der Waals surface area contributed by atoms with Gasteiger partial charge >= 0.3 is 0 Å². The van der Waals surface area contributed by atoms with E-state index < -0.39 is 9.84 Å². The van der Waals surface area contributed by atoms with E-state index in [1.807, 2.05) is 0 Å². The van der Waals surface area contributed by atoms with Crippen molar-refractivity contribution in [2.75, 3.05) is 44.7 Å². The number of hydrogen-bond donors (Lipinski definition) is 2. The van der Waals surface area contributed by atoms with Crippen molar-refractivity contribution in [2.24, 2.45) is 10.9 Å². The molecule has 2 fully saturated rings. The molecule has 7 heteroatoms. The van der Waals surface area contributed by atoms with Crippen molar-refractivity contribution in [2.45, 2.75) is 19.4 Å². The average molecular weight is 288 g/mol. The highest BCUT2D eigenvalue weighted by molar-refractivity contribution is 7.91. The second-order valence-corrected chi connectivity index (χ2v) is 7.76. The van der Waals surface area contributed by atoms with Crippen LogP contribution in [0, 0.1) is 5.92 Å². The molecule has 0 amide bonds. The van der Waals surface area contributed by atoms with E-state index in [4.69, 9.17) is 0 Å². The Bertz CT molecular complexity index is 421. The van der Waals surface area contributed by atoms with Gasteiger partial charge in [0.1, 0.15) is 0 Å². The fourth-order valence-corrected chi connectivity index (χ4v) is 3.48. The van der Waals surface area contributed by atoms with Crippen molar-refractivity contribution in [1.82, 2.24) is 15.5 Å². The van der Waals surface area contributed by atoms with E-state index in [2.05, 4.69) is 27.4 Å². The van der Waals surface area contributed by atoms with Gasteiger partial charge in [-0.2, -0.15) is 0 Å². The summed E-state index contributed by atoms with van der Waals surface area (Å²) in [6.07, 6.45) is 1.21. The van der Waals surface area contributed by atoms with E-state index in [1.54, 1.807) is 7.05 Å². The molecule has 6 nitrogen and oxygen atoms in total. The van der Waals surface area contributed by atoms with Gasteiger partial charge < -0.3 is 10.6 Å². The Morgan fingerprint density at radius 3 is 2.53 bits per heavy atom. The Hall–Kier alpha value is -0.820. The Balaban J connectivity index is 1.63. The van der Waals surface area contributed by atoms with Crippen molar-refractivity contribution >= 4 is 15.8 Å². The number of sulfone groups is 1. The minimum Gasteiger partial charge on any atom is -0.355 e. The normalized spacial score (nSPS) is 30.9. The van der Waals surface area contributed by atoms with E-state index in [0.717, 1.165) is 25.0 Å². The summed E-state index contributed by atoms with van der Waals surface area (Å²) in [5, 5.41) is 6.64. The first kappa shape index (κ1) is 14.6. The quantitative estimate of drug-likeness (QED) is 0.528. The van der Waals surface area contributed by atoms with Gasteiger partial charge in [0.05, 0.1) is 11.5 Å². The van der Waals surface area contributed by atoms with Crippen LogP contribution in [0.25, 0.3) is 0 Å². The van der Waals surface area contributed by atoms with Crippen LogP contribution < -0.4 is 10.6 Å². The van der Waals surface area contributed by atoms with Gasteiger partial charge in [0, 0.05) is 39.3 Å². The van der Waals surface area contributed by atoms with E-state index in [-0.39, 0.29) is 0 Å². The second-order valence-electron chi connectivity index (χ2n) is 5.46. The van der Waals surface area contributed by atoms with Crippen LogP contribution in [-0.2, 0) is 9.84 Å². The zero-order valence-electron chi connectivity index (χ0n) is 11.7. The lowest BCUT2D eigenvalue weighted by atomic mass is 10.4. The van der Waals surface area contributed by atoms with Crippen LogP contribution in [0.4, 0.5) is 0 Å². The first-order valence-corrected chi connectivity index (χ1v) is 8.72. The molecule has 2 N–H and O–H groups in total. The van der Waals surface area contributed by atoms with Crippen molar-refractivity contribution in [3.05, 3.63) is 0 Å². The smallest absolute Gasteiger partial charge is 0.191 e. The lowest BCUT2D eigenvalue weighted by molar-refractivity contribution is 0.299. The number of hydrogen-bond acceptors (Lipinski definition) is 4. The molecule has 1 saturated heterocycles. The van der Waals surface area contributed by atoms with Crippen LogP contribution in [-0.4, -0.2) is 70.1 Å². The number of nitrogens with zero attached hydrogens (tertiary/aromatic N) is 2. The third kappa shape index (κ3) is 4.65. The molecule has 2 rings (SSSR count). The van der Waals surface area contributed by atoms with Crippen LogP contribution in [0.15, 0.2) is 4.99 Å². The lowest BCUT2D eigenvalue weighted by Crippen LogP contribution is -2.46. The van der Waals surface area contributed by atoms with Crippen molar-refractivity contribution in [3.63, 3.8) is 0 Å². The molecule has 0 aromatic carbocycles. The topological polar surface area (TPSA) is 73.8 Å². The molecule has 110 valence electrons. The lowest BCUT2D eigenvalue weighted by Gasteiger charge is -2.26. The third-order valence-electron chi connectivity index (χ3n) is 3.81. The van der Waals surface area contributed by atoms with Gasteiger partial charge in [0.25, 0.3) is 0 Å². The van der Waals surface area contributed by atoms with Gasteiger partial charge in [-0.15, -0.1) is 0 Å². The van der Waals surface area contributed by atoms with Crippen LogP contribution in [0.3, 0.4) is 0 Å². The second kappa shape index (κ2) is 6.09. The van der Waals surface area contributed by atoms with E-state index >= 15 is 0 Å². The van der Waals surface area contributed by atoms with Crippen LogP contribution in [0.1, 0.15) is 13.3 Å². The minimum absolute atomic E-state index is 0.291. The van der Waals surface area contributed by atoms with E-state index in [1.165, 1.54) is 6.42 Å². The molecule has 0 aromatic heterocycles. The molecular formula is C12H24N4O2S. The molecule has 1 saturated carbocycles. The van der Waals surface area contributed by atoms with Gasteiger partial charge in [0.15, 0.2) is 15.8 Å². The minimum atomic E-state index is -2.77. The van der Waals surface area contributed by atoms with E-state index in [9.17, 15) is 8.42 Å². The van der Waals surface area contributed by atoms with Crippen LogP contribution >= 0.6 is 0 Å². The SMILES string of the molecule is CN=C(NCCN1CCS(=O)(=O)CC1)NC1CC1C. The van der Waals surface area contributed by atoms with Crippen molar-refractivity contribution in [1.29, 1.82) is 0 Å². The molecule has 2 atom stereocenters. The predicted octanol–water partition coefficient (Wildman–Crippen LogP) is -0.710. The third-order valence-corrected chi connectivity index (χ3v) is 5.42. The zero-order chi connectivity index (χ0) is 13.9. The monoisotopic (exact) mass is 288 g/mol. The van der Waals surface area contributed by atoms with Gasteiger partial charge in [-0.05, 0) is 12.3 Å². The highest BCUT2D eigenvalue weighted by Crippen LogP contribution is 2.28. The Kier molecular flexibility index (Phi) is 4.67. The maximum atomic E-state index is 11.3. The van der Waals surface area contributed by atoms with Crippen molar-refractivity contribution < 1.29 is 8.42 Å². The highest BCUT2D eigenvalue weighted by Gasteiger charge is 2.33. The molecule has 19 heavy (non-hydrogen) atoms. The standard InChI is InChI=1S/C12H24N4O2S/c1-10-9-11(10)15-12(13-2)14-3-4-16-5-7-19(17,18)8-6-16/h10-11H,3-9H2,1-2H3,(H2,13,14,15). The highest BCUT2D eigenvalue weighted by atomic mass is 32.2. The predicted molar refractivity (Wildman–Crippen MR) is 77.2 cm³/mol. The summed E-state index contributed by atoms with van der Waals surface area (Å²) >= 11 is 0. The molecule has 1 aliphatic heterocycles. The first-order chi connectivity index (χ1) is 9.00. The molecule has 0 spiro atoms. The largest absolute Gasteiger partial charge is 0.355 e. The summed E-state index contributed by atoms with van der Waals surface area (Å²) < 4.78 is 22.6. The summed E-state index contributed by atoms with van der Waals surface area (Å²) in [4.78, 5) is 6.37. The first-order valence-electron chi connectivity index (χ1n) is 6.90. The van der Waals surface area contributed by atoms with Gasteiger partial charge in [-0.1, -0.05) is 6.92 Å². The summed E-state index contributed by atoms with van der Waals surface area (Å²) in [5.74, 6) is 2.17. The number of rotatable bonds is 4. The average Bonchev–Trinajstić information content (AvgIpc) is 3.06. The van der Waals surface area contributed by atoms with Crippen molar-refractivity contribution in [3.8, 4) is 0 Å². The van der Waals surface area contributed by atoms with E-state index in [0.29, 0.717) is 30.6 Å². The maximum absolute atomic E-state index is 11.3. The number of guanidine groups is 1. The number of nitrogens with one attached hydrogen (secondary N) is 2. The molecule has 2 aliphatic rings. The van der Waals surface area contributed by atoms with Gasteiger partial charge in [0.2, 0.25) is 0 Å². The Labute approximate surface area is 115 Å². The summed E-state index contributed by atoms with van der Waals surface area (Å²) in [6.45, 7) is 5.17. The maximum Gasteiger partial charge on any atom is 0.191 e. The Morgan fingerprint density at radius 1 is 1.37 bits per heavy atom. The molecular weight excluding hydrogens is 264 g/mol. The molecule has 1 heterocycles. The van der Waals surface area contributed by atoms with Gasteiger partial charge in [-0.3, -0.25) is 9.89 Å². The zero-order valence-corrected chi connectivity index (χ0v) is 12.5. The van der Waals surface area contributed by atoms with Gasteiger partial charge in [-0.25, -0.2) is 8.42 Å². The number of aliphatic imine (C=N–C) groups is 1. The fraction of sp³-hybridized carbons (Fsp3) is 0.917. The fourth-order valence-electron chi connectivity index (χ4n) is 2.20. The molecule has 0 radical (unpaired) electrons. The molecule has 0 aromatic rings. The molecule has 0 bridgehead atoms. The summed E-state index contributed by atoms with van der Waals surface area (Å²) in [7, 11) is -1.000.